The Hall–Kier alpha value is -2.52. The zero-order chi connectivity index (χ0) is 15.1. The Labute approximate surface area is 126 Å². The maximum Gasteiger partial charge on any atom is 0.207 e. The molecule has 0 fully saturated rings. The second-order valence-electron chi connectivity index (χ2n) is 4.65. The lowest BCUT2D eigenvalue weighted by Crippen LogP contribution is -2.08. The largest absolute Gasteiger partial charge is 0.369 e. The smallest absolute Gasteiger partial charge is 0.207 e. The second-order valence-corrected chi connectivity index (χ2v) is 5.09. The normalized spacial score (nSPS) is 11.0. The summed E-state index contributed by atoms with van der Waals surface area (Å²) in [4.78, 5) is 4.37. The summed E-state index contributed by atoms with van der Waals surface area (Å²) in [6.07, 6.45) is 0. The number of nitriles is 1. The van der Waals surface area contributed by atoms with Crippen LogP contribution in [0, 0.1) is 18.3 Å². The van der Waals surface area contributed by atoms with E-state index in [1.807, 2.05) is 18.5 Å². The van der Waals surface area contributed by atoms with Crippen LogP contribution < -0.4 is 5.73 Å². The van der Waals surface area contributed by atoms with Crippen LogP contribution in [0.5, 0.6) is 0 Å². The van der Waals surface area contributed by atoms with E-state index in [9.17, 15) is 5.26 Å². The molecule has 6 nitrogen and oxygen atoms in total. The highest BCUT2D eigenvalue weighted by atomic mass is 35.5. The van der Waals surface area contributed by atoms with Crippen molar-refractivity contribution in [3.63, 3.8) is 0 Å². The van der Waals surface area contributed by atoms with Gasteiger partial charge in [0, 0.05) is 11.6 Å². The number of anilines is 1. The number of imidazole rings is 1. The van der Waals surface area contributed by atoms with Gasteiger partial charge in [0.1, 0.15) is 11.6 Å². The van der Waals surface area contributed by atoms with E-state index in [0.717, 1.165) is 16.9 Å². The van der Waals surface area contributed by atoms with E-state index in [4.69, 9.17) is 17.3 Å². The number of fused-ring (bicyclic) bond motifs is 1. The minimum atomic E-state index is 0.312. The summed E-state index contributed by atoms with van der Waals surface area (Å²) in [6, 6.07) is 7.21. The van der Waals surface area contributed by atoms with Gasteiger partial charge < -0.3 is 5.73 Å². The zero-order valence-electron chi connectivity index (χ0n) is 11.6. The summed E-state index contributed by atoms with van der Waals surface area (Å²) >= 11 is 6.07. The molecule has 3 rings (SSSR count). The fourth-order valence-electron chi connectivity index (χ4n) is 2.43. The van der Waals surface area contributed by atoms with Crippen molar-refractivity contribution in [2.45, 2.75) is 20.4 Å². The minimum absolute atomic E-state index is 0.312. The molecule has 0 bridgehead atoms. The summed E-state index contributed by atoms with van der Waals surface area (Å²) in [5.41, 5.74) is 9.45. The number of nitrogens with two attached hydrogens (primary N) is 1. The van der Waals surface area contributed by atoms with E-state index in [0.29, 0.717) is 28.8 Å². The van der Waals surface area contributed by atoms with Crippen molar-refractivity contribution in [1.82, 2.24) is 19.3 Å². The highest BCUT2D eigenvalue weighted by Crippen LogP contribution is 2.28. The molecule has 0 saturated carbocycles. The summed E-state index contributed by atoms with van der Waals surface area (Å²) in [5.74, 6) is 0.312. The summed E-state index contributed by atoms with van der Waals surface area (Å²) < 4.78 is 3.54. The van der Waals surface area contributed by atoms with Crippen molar-refractivity contribution in [3.8, 4) is 11.8 Å². The number of halogens is 1. The third-order valence-electron chi connectivity index (χ3n) is 3.36. The lowest BCUT2D eigenvalue weighted by atomic mass is 10.2. The van der Waals surface area contributed by atoms with Crippen LogP contribution in [0.15, 0.2) is 18.2 Å². The van der Waals surface area contributed by atoms with E-state index in [2.05, 4.69) is 16.2 Å². The SMILES string of the molecule is CCn1nc(C)c2nc(N)n(-c3cc(Cl)ccc3C#N)c21. The molecule has 0 aliphatic heterocycles. The topological polar surface area (TPSA) is 85.5 Å². The molecular weight excluding hydrogens is 288 g/mol. The number of hydrogen-bond donors (Lipinski definition) is 1. The first-order chi connectivity index (χ1) is 10.1. The molecule has 106 valence electrons. The summed E-state index contributed by atoms with van der Waals surface area (Å²) in [6.45, 7) is 4.55. The van der Waals surface area contributed by atoms with E-state index in [1.165, 1.54) is 0 Å². The van der Waals surface area contributed by atoms with Gasteiger partial charge in [-0.3, -0.25) is 4.57 Å². The quantitative estimate of drug-likeness (QED) is 0.788. The monoisotopic (exact) mass is 300 g/mol. The molecule has 0 unspecified atom stereocenters. The first kappa shape index (κ1) is 13.5. The summed E-state index contributed by atoms with van der Waals surface area (Å²) in [7, 11) is 0. The van der Waals surface area contributed by atoms with E-state index in [-0.39, 0.29) is 0 Å². The molecular formula is C14H13ClN6. The first-order valence-corrected chi connectivity index (χ1v) is 6.86. The molecule has 21 heavy (non-hydrogen) atoms. The Morgan fingerprint density at radius 1 is 1.43 bits per heavy atom. The van der Waals surface area contributed by atoms with Crippen LogP contribution in [0.1, 0.15) is 18.2 Å². The number of aryl methyl sites for hydroxylation is 2. The molecule has 0 saturated heterocycles. The maximum absolute atomic E-state index is 9.31. The van der Waals surface area contributed by atoms with Crippen molar-refractivity contribution in [3.05, 3.63) is 34.5 Å². The Morgan fingerprint density at radius 2 is 2.19 bits per heavy atom. The van der Waals surface area contributed by atoms with Crippen LogP contribution in [-0.4, -0.2) is 19.3 Å². The Bertz CT molecular complexity index is 883. The van der Waals surface area contributed by atoms with Gasteiger partial charge >= 0.3 is 0 Å². The van der Waals surface area contributed by atoms with Crippen molar-refractivity contribution in [2.75, 3.05) is 5.73 Å². The lowest BCUT2D eigenvalue weighted by Gasteiger charge is -2.10. The second kappa shape index (κ2) is 4.79. The number of benzene rings is 1. The number of hydrogen-bond acceptors (Lipinski definition) is 4. The number of aromatic nitrogens is 4. The van der Waals surface area contributed by atoms with Gasteiger partial charge in [0.05, 0.1) is 16.9 Å². The van der Waals surface area contributed by atoms with Gasteiger partial charge in [-0.1, -0.05) is 11.6 Å². The molecule has 0 spiro atoms. The van der Waals surface area contributed by atoms with Crippen LogP contribution in [0.25, 0.3) is 16.9 Å². The van der Waals surface area contributed by atoms with Crippen LogP contribution >= 0.6 is 11.6 Å². The van der Waals surface area contributed by atoms with Crippen molar-refractivity contribution >= 4 is 28.7 Å². The molecule has 0 amide bonds. The van der Waals surface area contributed by atoms with Gasteiger partial charge in [0.2, 0.25) is 5.95 Å². The lowest BCUT2D eigenvalue weighted by molar-refractivity contribution is 0.663. The van der Waals surface area contributed by atoms with Gasteiger partial charge in [-0.05, 0) is 32.0 Å². The average Bonchev–Trinajstić information content (AvgIpc) is 2.95. The number of nitrogen functional groups attached to an aromatic ring is 1. The Balaban J connectivity index is 2.43. The Kier molecular flexibility index (Phi) is 3.07. The van der Waals surface area contributed by atoms with Gasteiger partial charge in [0.15, 0.2) is 5.65 Å². The third-order valence-corrected chi connectivity index (χ3v) is 3.59. The third kappa shape index (κ3) is 1.94. The minimum Gasteiger partial charge on any atom is -0.369 e. The van der Waals surface area contributed by atoms with Crippen molar-refractivity contribution < 1.29 is 0 Å². The molecule has 2 heterocycles. The van der Waals surface area contributed by atoms with Gasteiger partial charge in [-0.25, -0.2) is 9.67 Å². The standard InChI is InChI=1S/C14H13ClN6/c1-3-20-13-12(8(2)19-20)18-14(17)21(13)11-6-10(15)5-4-9(11)7-16/h4-6H,3H2,1-2H3,(H2,17,18). The Morgan fingerprint density at radius 3 is 2.86 bits per heavy atom. The molecule has 2 N–H and O–H groups in total. The molecule has 0 radical (unpaired) electrons. The highest BCUT2D eigenvalue weighted by Gasteiger charge is 2.19. The van der Waals surface area contributed by atoms with E-state index >= 15 is 0 Å². The van der Waals surface area contributed by atoms with Gasteiger partial charge in [0.25, 0.3) is 0 Å². The predicted octanol–water partition coefficient (Wildman–Crippen LogP) is 2.66. The van der Waals surface area contributed by atoms with Crippen molar-refractivity contribution in [1.29, 1.82) is 5.26 Å². The maximum atomic E-state index is 9.31. The van der Waals surface area contributed by atoms with Crippen LogP contribution in [0.3, 0.4) is 0 Å². The fraction of sp³-hybridized carbons (Fsp3) is 0.214. The number of nitrogens with zero attached hydrogens (tertiary/aromatic N) is 5. The van der Waals surface area contributed by atoms with E-state index in [1.54, 1.807) is 22.8 Å². The van der Waals surface area contributed by atoms with Crippen LogP contribution in [-0.2, 0) is 6.54 Å². The van der Waals surface area contributed by atoms with E-state index < -0.39 is 0 Å². The van der Waals surface area contributed by atoms with Gasteiger partial charge in [-0.2, -0.15) is 10.4 Å². The van der Waals surface area contributed by atoms with Crippen molar-refractivity contribution in [2.24, 2.45) is 0 Å². The molecule has 1 aromatic carbocycles. The summed E-state index contributed by atoms with van der Waals surface area (Å²) in [5, 5.41) is 14.3. The molecule has 3 aromatic rings. The average molecular weight is 301 g/mol. The first-order valence-electron chi connectivity index (χ1n) is 6.48. The molecule has 0 aliphatic rings. The molecule has 7 heteroatoms. The number of rotatable bonds is 2. The zero-order valence-corrected chi connectivity index (χ0v) is 12.4. The fourth-order valence-corrected chi connectivity index (χ4v) is 2.59. The van der Waals surface area contributed by atoms with Crippen LogP contribution in [0.4, 0.5) is 5.95 Å². The van der Waals surface area contributed by atoms with Gasteiger partial charge in [-0.15, -0.1) is 0 Å². The molecule has 0 aliphatic carbocycles. The highest BCUT2D eigenvalue weighted by molar-refractivity contribution is 6.30. The molecule has 2 aromatic heterocycles. The predicted molar refractivity (Wildman–Crippen MR) is 81.4 cm³/mol. The van der Waals surface area contributed by atoms with Crippen LogP contribution in [0.2, 0.25) is 5.02 Å². The molecule has 0 atom stereocenters.